The van der Waals surface area contributed by atoms with Gasteiger partial charge in [0.05, 0.1) is 12.5 Å². The summed E-state index contributed by atoms with van der Waals surface area (Å²) in [4.78, 5) is 26.7. The Morgan fingerprint density at radius 3 is 2.35 bits per heavy atom. The predicted octanol–water partition coefficient (Wildman–Crippen LogP) is 3.56. The average Bonchev–Trinajstić information content (AvgIpc) is 2.59. The predicted molar refractivity (Wildman–Crippen MR) is 101 cm³/mol. The maximum absolute atomic E-state index is 12.7. The summed E-state index contributed by atoms with van der Waals surface area (Å²) < 4.78 is 10.6. The number of anilines is 1. The fourth-order valence-electron chi connectivity index (χ4n) is 3.58. The van der Waals surface area contributed by atoms with E-state index in [9.17, 15) is 9.59 Å². The minimum absolute atomic E-state index is 0.0702. The Labute approximate surface area is 155 Å². The molecule has 0 radical (unpaired) electrons. The summed E-state index contributed by atoms with van der Waals surface area (Å²) in [6, 6.07) is 7.59. The highest BCUT2D eigenvalue weighted by atomic mass is 16.6. The summed E-state index contributed by atoms with van der Waals surface area (Å²) in [5.74, 6) is -0.310. The Kier molecular flexibility index (Phi) is 5.84. The van der Waals surface area contributed by atoms with Crippen LogP contribution < -0.4 is 5.73 Å². The van der Waals surface area contributed by atoms with Gasteiger partial charge in [-0.2, -0.15) is 0 Å². The summed E-state index contributed by atoms with van der Waals surface area (Å²) in [6.07, 6.45) is 0.705. The van der Waals surface area contributed by atoms with Crippen LogP contribution in [0.15, 0.2) is 24.3 Å². The van der Waals surface area contributed by atoms with Crippen LogP contribution >= 0.6 is 0 Å². The van der Waals surface area contributed by atoms with Crippen molar-refractivity contribution in [2.45, 2.75) is 52.1 Å². The van der Waals surface area contributed by atoms with Gasteiger partial charge in [-0.15, -0.1) is 0 Å². The third kappa shape index (κ3) is 4.29. The van der Waals surface area contributed by atoms with Crippen molar-refractivity contribution in [2.75, 3.05) is 25.9 Å². The van der Waals surface area contributed by atoms with Gasteiger partial charge in [-0.05, 0) is 57.2 Å². The lowest BCUT2D eigenvalue weighted by Gasteiger charge is -2.43. The smallest absolute Gasteiger partial charge is 0.410 e. The highest BCUT2D eigenvalue weighted by molar-refractivity contribution is 5.79. The first-order valence-corrected chi connectivity index (χ1v) is 9.01. The molecule has 1 amide bonds. The van der Waals surface area contributed by atoms with E-state index < -0.39 is 11.0 Å². The highest BCUT2D eigenvalue weighted by Gasteiger charge is 2.48. The topological polar surface area (TPSA) is 81.9 Å². The number of nitrogen functional groups attached to an aromatic ring is 1. The van der Waals surface area contributed by atoms with Crippen LogP contribution in [0, 0.1) is 5.41 Å². The average molecular weight is 362 g/mol. The summed E-state index contributed by atoms with van der Waals surface area (Å²) in [7, 11) is 1.41. The van der Waals surface area contributed by atoms with Crippen LogP contribution in [0.3, 0.4) is 0 Å². The Morgan fingerprint density at radius 1 is 1.23 bits per heavy atom. The normalized spacial score (nSPS) is 18.1. The first-order chi connectivity index (χ1) is 12.1. The van der Waals surface area contributed by atoms with Gasteiger partial charge >= 0.3 is 12.1 Å². The van der Waals surface area contributed by atoms with Gasteiger partial charge in [0.25, 0.3) is 0 Å². The number of nitrogens with two attached hydrogens (primary N) is 1. The van der Waals surface area contributed by atoms with E-state index in [0.717, 1.165) is 5.56 Å². The number of rotatable bonds is 3. The molecule has 1 unspecified atom stereocenters. The van der Waals surface area contributed by atoms with Crippen molar-refractivity contribution in [3.8, 4) is 0 Å². The second kappa shape index (κ2) is 7.56. The van der Waals surface area contributed by atoms with Gasteiger partial charge in [-0.25, -0.2) is 4.79 Å². The SMILES string of the molecule is COC(=O)C1(C(C)c2cccc(N)c2)CCN(C(=O)OC(C)(C)C)CC1. The summed E-state index contributed by atoms with van der Waals surface area (Å²) in [6.45, 7) is 8.46. The van der Waals surface area contributed by atoms with E-state index in [4.69, 9.17) is 15.2 Å². The second-order valence-corrected chi connectivity index (χ2v) is 8.01. The van der Waals surface area contributed by atoms with Gasteiger partial charge in [0.15, 0.2) is 0 Å². The molecular weight excluding hydrogens is 332 g/mol. The molecule has 1 aromatic rings. The van der Waals surface area contributed by atoms with E-state index >= 15 is 0 Å². The molecule has 1 heterocycles. The number of methoxy groups -OCH3 is 1. The monoisotopic (exact) mass is 362 g/mol. The number of hydrogen-bond acceptors (Lipinski definition) is 5. The van der Waals surface area contributed by atoms with Crippen molar-refractivity contribution in [2.24, 2.45) is 5.41 Å². The number of amides is 1. The minimum Gasteiger partial charge on any atom is -0.469 e. The molecule has 1 saturated heterocycles. The minimum atomic E-state index is -0.680. The molecule has 0 bridgehead atoms. The number of carbonyl (C=O) groups excluding carboxylic acids is 2. The summed E-state index contributed by atoms with van der Waals surface area (Å²) in [5, 5.41) is 0. The lowest BCUT2D eigenvalue weighted by atomic mass is 9.67. The fourth-order valence-corrected chi connectivity index (χ4v) is 3.58. The Morgan fingerprint density at radius 2 is 1.85 bits per heavy atom. The van der Waals surface area contributed by atoms with Gasteiger partial charge in [0.1, 0.15) is 5.60 Å². The molecule has 1 aliphatic heterocycles. The summed E-state index contributed by atoms with van der Waals surface area (Å²) >= 11 is 0. The van der Waals surface area contributed by atoms with Gasteiger partial charge in [-0.3, -0.25) is 4.79 Å². The molecule has 1 aromatic carbocycles. The number of benzene rings is 1. The molecule has 144 valence electrons. The first-order valence-electron chi connectivity index (χ1n) is 9.01. The van der Waals surface area contributed by atoms with Gasteiger partial charge in [0.2, 0.25) is 0 Å². The molecular formula is C20H30N2O4. The largest absolute Gasteiger partial charge is 0.469 e. The molecule has 6 nitrogen and oxygen atoms in total. The number of likely N-dealkylation sites (tertiary alicyclic amines) is 1. The lowest BCUT2D eigenvalue weighted by molar-refractivity contribution is -0.157. The molecule has 0 saturated carbocycles. The van der Waals surface area contributed by atoms with Gasteiger partial charge in [0, 0.05) is 18.8 Å². The molecule has 1 aliphatic rings. The van der Waals surface area contributed by atoms with Crippen LogP contribution in [0.25, 0.3) is 0 Å². The van der Waals surface area contributed by atoms with E-state index in [0.29, 0.717) is 31.6 Å². The highest BCUT2D eigenvalue weighted by Crippen LogP contribution is 2.45. The quantitative estimate of drug-likeness (QED) is 0.657. The van der Waals surface area contributed by atoms with Crippen LogP contribution in [0.5, 0.6) is 0 Å². The van der Waals surface area contributed by atoms with Crippen LogP contribution in [0.2, 0.25) is 0 Å². The maximum Gasteiger partial charge on any atom is 0.410 e. The molecule has 1 fully saturated rings. The molecule has 6 heteroatoms. The van der Waals surface area contributed by atoms with Crippen molar-refractivity contribution < 1.29 is 19.1 Å². The lowest BCUT2D eigenvalue weighted by Crippen LogP contribution is -2.50. The Hall–Kier alpha value is -2.24. The number of piperidine rings is 1. The number of esters is 1. The fraction of sp³-hybridized carbons (Fsp3) is 0.600. The zero-order valence-corrected chi connectivity index (χ0v) is 16.4. The third-order valence-corrected chi connectivity index (χ3v) is 5.14. The number of hydrogen-bond donors (Lipinski definition) is 1. The van der Waals surface area contributed by atoms with Crippen molar-refractivity contribution >= 4 is 17.7 Å². The van der Waals surface area contributed by atoms with Crippen LogP contribution in [0.1, 0.15) is 52.0 Å². The molecule has 2 rings (SSSR count). The zero-order chi connectivity index (χ0) is 19.5. The Bertz CT molecular complexity index is 658. The van der Waals surface area contributed by atoms with Crippen molar-refractivity contribution in [3.05, 3.63) is 29.8 Å². The van der Waals surface area contributed by atoms with Crippen molar-refractivity contribution in [3.63, 3.8) is 0 Å². The summed E-state index contributed by atoms with van der Waals surface area (Å²) in [5.41, 5.74) is 6.36. The molecule has 0 aromatic heterocycles. The van der Waals surface area contributed by atoms with Gasteiger partial charge < -0.3 is 20.1 Å². The Balaban J connectivity index is 2.20. The van der Waals surface area contributed by atoms with E-state index in [1.165, 1.54) is 7.11 Å². The van der Waals surface area contributed by atoms with E-state index in [1.807, 2.05) is 52.0 Å². The molecule has 0 spiro atoms. The molecule has 1 atom stereocenters. The van der Waals surface area contributed by atoms with Gasteiger partial charge in [-0.1, -0.05) is 19.1 Å². The first kappa shape index (κ1) is 20.1. The van der Waals surface area contributed by atoms with E-state index in [1.54, 1.807) is 4.90 Å². The third-order valence-electron chi connectivity index (χ3n) is 5.14. The van der Waals surface area contributed by atoms with E-state index in [2.05, 4.69) is 0 Å². The van der Waals surface area contributed by atoms with Crippen LogP contribution in [0.4, 0.5) is 10.5 Å². The number of carbonyl (C=O) groups is 2. The molecule has 26 heavy (non-hydrogen) atoms. The molecule has 2 N–H and O–H groups in total. The maximum atomic E-state index is 12.7. The number of ether oxygens (including phenoxy) is 2. The second-order valence-electron chi connectivity index (χ2n) is 8.01. The molecule has 0 aliphatic carbocycles. The standard InChI is InChI=1S/C20H30N2O4/c1-14(15-7-6-8-16(21)13-15)20(17(23)25-5)9-11-22(12-10-20)18(24)26-19(2,3)4/h6-8,13-14H,9-12,21H2,1-5H3. The van der Waals surface area contributed by atoms with Crippen LogP contribution in [-0.4, -0.2) is 42.8 Å². The van der Waals surface area contributed by atoms with E-state index in [-0.39, 0.29) is 18.0 Å². The number of nitrogens with zero attached hydrogens (tertiary/aromatic N) is 1. The van der Waals surface area contributed by atoms with Crippen molar-refractivity contribution in [1.82, 2.24) is 4.90 Å². The van der Waals surface area contributed by atoms with Crippen molar-refractivity contribution in [1.29, 1.82) is 0 Å². The zero-order valence-electron chi connectivity index (χ0n) is 16.4. The van der Waals surface area contributed by atoms with Crippen LogP contribution in [-0.2, 0) is 14.3 Å².